The Balaban J connectivity index is 1.32. The molecule has 0 aliphatic carbocycles. The van der Waals surface area contributed by atoms with Gasteiger partial charge < -0.3 is 19.1 Å². The standard InChI is InChI=1S/C23H30N4O3/c1-18-3-4-19(2)27(18)21-7-5-20(6-8-21)23(29)26-11-9-25(10-12-26)22(28)17-24-13-15-30-16-14-24/h3-8H,9-17H2,1-2H3. The number of rotatable bonds is 4. The molecular formula is C23H30N4O3. The molecule has 0 bridgehead atoms. The minimum Gasteiger partial charge on any atom is -0.379 e. The van der Waals surface area contributed by atoms with Crippen molar-refractivity contribution in [3.63, 3.8) is 0 Å². The Kier molecular flexibility index (Phi) is 6.20. The zero-order chi connectivity index (χ0) is 21.1. The molecule has 30 heavy (non-hydrogen) atoms. The van der Waals surface area contributed by atoms with Crippen molar-refractivity contribution in [2.24, 2.45) is 0 Å². The quantitative estimate of drug-likeness (QED) is 0.770. The second-order valence-electron chi connectivity index (χ2n) is 8.06. The lowest BCUT2D eigenvalue weighted by atomic mass is 10.1. The Hall–Kier alpha value is -2.64. The number of amides is 2. The van der Waals surface area contributed by atoms with Gasteiger partial charge in [0.1, 0.15) is 0 Å². The van der Waals surface area contributed by atoms with E-state index in [1.807, 2.05) is 34.1 Å². The van der Waals surface area contributed by atoms with Crippen LogP contribution in [-0.4, -0.2) is 90.1 Å². The molecule has 0 saturated carbocycles. The summed E-state index contributed by atoms with van der Waals surface area (Å²) in [6.07, 6.45) is 0. The third-order valence-corrected chi connectivity index (χ3v) is 6.03. The van der Waals surface area contributed by atoms with Crippen molar-refractivity contribution in [2.75, 3.05) is 59.0 Å². The highest BCUT2D eigenvalue weighted by Crippen LogP contribution is 2.18. The van der Waals surface area contributed by atoms with Gasteiger partial charge in [-0.15, -0.1) is 0 Å². The molecule has 0 unspecified atom stereocenters. The largest absolute Gasteiger partial charge is 0.379 e. The highest BCUT2D eigenvalue weighted by Gasteiger charge is 2.26. The molecule has 0 radical (unpaired) electrons. The average Bonchev–Trinajstić information content (AvgIpc) is 3.12. The lowest BCUT2D eigenvalue weighted by Gasteiger charge is -2.36. The van der Waals surface area contributed by atoms with E-state index in [0.717, 1.165) is 18.8 Å². The van der Waals surface area contributed by atoms with Gasteiger partial charge in [-0.25, -0.2) is 0 Å². The van der Waals surface area contributed by atoms with Gasteiger partial charge in [0.05, 0.1) is 19.8 Å². The minimum absolute atomic E-state index is 0.0304. The van der Waals surface area contributed by atoms with Gasteiger partial charge >= 0.3 is 0 Å². The Morgan fingerprint density at radius 3 is 1.97 bits per heavy atom. The number of piperazine rings is 1. The normalized spacial score (nSPS) is 17.9. The molecule has 2 amide bonds. The monoisotopic (exact) mass is 410 g/mol. The average molecular weight is 411 g/mol. The van der Waals surface area contributed by atoms with Crippen LogP contribution in [0.25, 0.3) is 5.69 Å². The van der Waals surface area contributed by atoms with Crippen LogP contribution in [-0.2, 0) is 9.53 Å². The molecule has 1 aromatic carbocycles. The molecule has 7 heteroatoms. The third kappa shape index (κ3) is 4.42. The van der Waals surface area contributed by atoms with Crippen LogP contribution in [0.15, 0.2) is 36.4 Å². The lowest BCUT2D eigenvalue weighted by Crippen LogP contribution is -2.53. The smallest absolute Gasteiger partial charge is 0.253 e. The van der Waals surface area contributed by atoms with Crippen LogP contribution in [0.4, 0.5) is 0 Å². The summed E-state index contributed by atoms with van der Waals surface area (Å²) in [4.78, 5) is 31.3. The zero-order valence-electron chi connectivity index (χ0n) is 17.8. The predicted octanol–water partition coefficient (Wildman–Crippen LogP) is 1.71. The second-order valence-corrected chi connectivity index (χ2v) is 8.06. The third-order valence-electron chi connectivity index (χ3n) is 6.03. The molecule has 2 aliphatic rings. The van der Waals surface area contributed by atoms with Gasteiger partial charge in [0, 0.05) is 61.9 Å². The fraction of sp³-hybridized carbons (Fsp3) is 0.478. The summed E-state index contributed by atoms with van der Waals surface area (Å²) in [6.45, 7) is 9.93. The SMILES string of the molecule is Cc1ccc(C)n1-c1ccc(C(=O)N2CCN(C(=O)CN3CCOCC3)CC2)cc1. The topological polar surface area (TPSA) is 58.0 Å². The number of hydrogen-bond acceptors (Lipinski definition) is 4. The van der Waals surface area contributed by atoms with Crippen molar-refractivity contribution in [2.45, 2.75) is 13.8 Å². The molecule has 2 aromatic rings. The van der Waals surface area contributed by atoms with Gasteiger partial charge in [-0.3, -0.25) is 14.5 Å². The van der Waals surface area contributed by atoms with E-state index in [-0.39, 0.29) is 11.8 Å². The maximum atomic E-state index is 12.9. The van der Waals surface area contributed by atoms with Crippen molar-refractivity contribution in [3.8, 4) is 5.69 Å². The summed E-state index contributed by atoms with van der Waals surface area (Å²) in [7, 11) is 0. The van der Waals surface area contributed by atoms with Crippen molar-refractivity contribution in [1.29, 1.82) is 0 Å². The van der Waals surface area contributed by atoms with E-state index in [1.165, 1.54) is 11.4 Å². The highest BCUT2D eigenvalue weighted by molar-refractivity contribution is 5.94. The first-order valence-electron chi connectivity index (χ1n) is 10.7. The van der Waals surface area contributed by atoms with Gasteiger partial charge in [0.15, 0.2) is 0 Å². The van der Waals surface area contributed by atoms with Gasteiger partial charge in [-0.05, 0) is 50.2 Å². The first-order chi connectivity index (χ1) is 14.5. The van der Waals surface area contributed by atoms with Crippen molar-refractivity contribution >= 4 is 11.8 Å². The van der Waals surface area contributed by atoms with Gasteiger partial charge in [-0.2, -0.15) is 0 Å². The van der Waals surface area contributed by atoms with Gasteiger partial charge in [-0.1, -0.05) is 0 Å². The van der Waals surface area contributed by atoms with E-state index in [2.05, 4.69) is 35.4 Å². The van der Waals surface area contributed by atoms with Gasteiger partial charge in [0.25, 0.3) is 5.91 Å². The maximum absolute atomic E-state index is 12.9. The number of carbonyl (C=O) groups is 2. The number of nitrogens with zero attached hydrogens (tertiary/aromatic N) is 4. The molecule has 2 fully saturated rings. The van der Waals surface area contributed by atoms with Crippen LogP contribution in [0.3, 0.4) is 0 Å². The molecule has 2 saturated heterocycles. The number of carbonyl (C=O) groups excluding carboxylic acids is 2. The molecule has 0 atom stereocenters. The van der Waals surface area contributed by atoms with Crippen LogP contribution in [0, 0.1) is 13.8 Å². The predicted molar refractivity (Wildman–Crippen MR) is 115 cm³/mol. The molecular weight excluding hydrogens is 380 g/mol. The van der Waals surface area contributed by atoms with E-state index in [4.69, 9.17) is 4.74 Å². The first-order valence-corrected chi connectivity index (χ1v) is 10.7. The summed E-state index contributed by atoms with van der Waals surface area (Å²) in [5.74, 6) is 0.175. The Morgan fingerprint density at radius 2 is 1.37 bits per heavy atom. The molecule has 3 heterocycles. The molecule has 2 aliphatic heterocycles. The summed E-state index contributed by atoms with van der Waals surface area (Å²) >= 11 is 0. The molecule has 1 aromatic heterocycles. The van der Waals surface area contributed by atoms with Crippen LogP contribution >= 0.6 is 0 Å². The van der Waals surface area contributed by atoms with Crippen LogP contribution in [0.1, 0.15) is 21.7 Å². The zero-order valence-corrected chi connectivity index (χ0v) is 17.8. The summed E-state index contributed by atoms with van der Waals surface area (Å²) in [5, 5.41) is 0. The minimum atomic E-state index is 0.0304. The fourth-order valence-corrected chi connectivity index (χ4v) is 4.22. The number of hydrogen-bond donors (Lipinski definition) is 0. The van der Waals surface area contributed by atoms with E-state index in [0.29, 0.717) is 51.5 Å². The molecule has 0 N–H and O–H groups in total. The summed E-state index contributed by atoms with van der Waals surface area (Å²) in [6, 6.07) is 12.0. The first kappa shape index (κ1) is 20.6. The van der Waals surface area contributed by atoms with E-state index in [1.54, 1.807) is 0 Å². The highest BCUT2D eigenvalue weighted by atomic mass is 16.5. The Labute approximate surface area is 177 Å². The van der Waals surface area contributed by atoms with E-state index >= 15 is 0 Å². The molecule has 7 nitrogen and oxygen atoms in total. The number of benzene rings is 1. The number of ether oxygens (including phenoxy) is 1. The van der Waals surface area contributed by atoms with Crippen molar-refractivity contribution in [1.82, 2.24) is 19.3 Å². The van der Waals surface area contributed by atoms with E-state index < -0.39 is 0 Å². The summed E-state index contributed by atoms with van der Waals surface area (Å²) in [5.41, 5.74) is 4.09. The number of aromatic nitrogens is 1. The van der Waals surface area contributed by atoms with Crippen LogP contribution in [0.2, 0.25) is 0 Å². The van der Waals surface area contributed by atoms with Crippen molar-refractivity contribution < 1.29 is 14.3 Å². The number of aryl methyl sites for hydroxylation is 2. The lowest BCUT2D eigenvalue weighted by molar-refractivity contribution is -0.134. The molecule has 160 valence electrons. The molecule has 4 rings (SSSR count). The Bertz CT molecular complexity index is 872. The van der Waals surface area contributed by atoms with Crippen molar-refractivity contribution in [3.05, 3.63) is 53.3 Å². The number of morpholine rings is 1. The van der Waals surface area contributed by atoms with Crippen LogP contribution < -0.4 is 0 Å². The molecule has 0 spiro atoms. The maximum Gasteiger partial charge on any atom is 0.253 e. The van der Waals surface area contributed by atoms with Crippen LogP contribution in [0.5, 0.6) is 0 Å². The fourth-order valence-electron chi connectivity index (χ4n) is 4.22. The Morgan fingerprint density at radius 1 is 0.800 bits per heavy atom. The van der Waals surface area contributed by atoms with E-state index in [9.17, 15) is 9.59 Å². The summed E-state index contributed by atoms with van der Waals surface area (Å²) < 4.78 is 7.51. The van der Waals surface area contributed by atoms with Gasteiger partial charge in [0.2, 0.25) is 5.91 Å². The second kappa shape index (κ2) is 9.02.